The zero-order valence-electron chi connectivity index (χ0n) is 11.0. The second-order valence-electron chi connectivity index (χ2n) is 4.00. The van der Waals surface area contributed by atoms with Crippen molar-refractivity contribution in [3.05, 3.63) is 17.7 Å². The standard InChI is InChI=1S/C11H13N2O6PS/c1-2-18-10(14)6-3-4-7(19-5-20(15,16)17)8-9(6)21-11(12)13-8/h3-4H,2,5H2,1H3,(H2,12,13)(H2,15,16,17). The normalized spacial score (nSPS) is 11.6. The number of benzene rings is 1. The Labute approximate surface area is 123 Å². The van der Waals surface area contributed by atoms with Crippen molar-refractivity contribution >= 4 is 40.3 Å². The average molecular weight is 332 g/mol. The van der Waals surface area contributed by atoms with Crippen LogP contribution in [0.25, 0.3) is 10.2 Å². The number of ether oxygens (including phenoxy) is 2. The molecule has 0 aliphatic rings. The van der Waals surface area contributed by atoms with E-state index < -0.39 is 19.9 Å². The van der Waals surface area contributed by atoms with E-state index in [9.17, 15) is 9.36 Å². The highest BCUT2D eigenvalue weighted by atomic mass is 32.1. The van der Waals surface area contributed by atoms with E-state index in [1.165, 1.54) is 12.1 Å². The Morgan fingerprint density at radius 2 is 2.19 bits per heavy atom. The van der Waals surface area contributed by atoms with Crippen LogP contribution in [0.5, 0.6) is 5.75 Å². The molecule has 1 aromatic heterocycles. The molecule has 0 unspecified atom stereocenters. The second-order valence-corrected chi connectivity index (χ2v) is 6.62. The number of hydrogen-bond donors (Lipinski definition) is 3. The van der Waals surface area contributed by atoms with Crippen molar-refractivity contribution in [1.82, 2.24) is 4.98 Å². The van der Waals surface area contributed by atoms with Gasteiger partial charge in [-0.25, -0.2) is 9.78 Å². The Morgan fingerprint density at radius 3 is 2.81 bits per heavy atom. The zero-order chi connectivity index (χ0) is 15.6. The number of hydrogen-bond acceptors (Lipinski definition) is 7. The van der Waals surface area contributed by atoms with E-state index in [0.29, 0.717) is 4.70 Å². The topological polar surface area (TPSA) is 132 Å². The summed E-state index contributed by atoms with van der Waals surface area (Å²) in [6.45, 7) is 1.92. The molecule has 4 N–H and O–H groups in total. The Bertz CT molecular complexity index is 725. The average Bonchev–Trinajstić information content (AvgIpc) is 2.76. The van der Waals surface area contributed by atoms with Crippen LogP contribution in [-0.4, -0.2) is 33.7 Å². The molecule has 10 heteroatoms. The van der Waals surface area contributed by atoms with Gasteiger partial charge in [-0.05, 0) is 19.1 Å². The summed E-state index contributed by atoms with van der Waals surface area (Å²) in [5.41, 5.74) is 6.19. The first-order valence-corrected chi connectivity index (χ1v) is 8.46. The number of aromatic nitrogens is 1. The van der Waals surface area contributed by atoms with Gasteiger partial charge in [0, 0.05) is 0 Å². The maximum absolute atomic E-state index is 11.8. The van der Waals surface area contributed by atoms with E-state index >= 15 is 0 Å². The molecule has 0 saturated carbocycles. The van der Waals surface area contributed by atoms with Gasteiger partial charge in [-0.3, -0.25) is 4.57 Å². The molecule has 1 heterocycles. The molecule has 2 aromatic rings. The summed E-state index contributed by atoms with van der Waals surface area (Å²) in [5, 5.41) is 0.211. The highest BCUT2D eigenvalue weighted by molar-refractivity contribution is 7.51. The second kappa shape index (κ2) is 5.98. The summed E-state index contributed by atoms with van der Waals surface area (Å²) in [4.78, 5) is 33.6. The third-order valence-electron chi connectivity index (χ3n) is 2.41. The van der Waals surface area contributed by atoms with Crippen molar-refractivity contribution in [2.45, 2.75) is 6.92 Å². The Kier molecular flexibility index (Phi) is 4.48. The van der Waals surface area contributed by atoms with Crippen molar-refractivity contribution in [3.8, 4) is 5.75 Å². The molecule has 8 nitrogen and oxygen atoms in total. The van der Waals surface area contributed by atoms with E-state index in [2.05, 4.69) is 4.98 Å². The maximum atomic E-state index is 11.8. The van der Waals surface area contributed by atoms with Crippen LogP contribution in [-0.2, 0) is 9.30 Å². The van der Waals surface area contributed by atoms with Gasteiger partial charge in [0.05, 0.1) is 16.9 Å². The third-order valence-corrected chi connectivity index (χ3v) is 3.79. The minimum absolute atomic E-state index is 0.148. The van der Waals surface area contributed by atoms with Crippen LogP contribution in [0.2, 0.25) is 0 Å². The number of rotatable bonds is 5. The molecule has 0 fully saturated rings. The van der Waals surface area contributed by atoms with Crippen LogP contribution >= 0.6 is 18.9 Å². The fourth-order valence-electron chi connectivity index (χ4n) is 1.64. The predicted octanol–water partition coefficient (Wildman–Crippen LogP) is 1.57. The van der Waals surface area contributed by atoms with Crippen molar-refractivity contribution in [3.63, 3.8) is 0 Å². The van der Waals surface area contributed by atoms with Crippen molar-refractivity contribution in [2.24, 2.45) is 0 Å². The predicted molar refractivity (Wildman–Crippen MR) is 77.5 cm³/mol. The zero-order valence-corrected chi connectivity index (χ0v) is 12.7. The molecule has 0 aliphatic heterocycles. The van der Waals surface area contributed by atoms with Gasteiger partial charge >= 0.3 is 13.6 Å². The van der Waals surface area contributed by atoms with E-state index in [-0.39, 0.29) is 28.6 Å². The molecule has 1 aromatic carbocycles. The van der Waals surface area contributed by atoms with Crippen molar-refractivity contribution in [2.75, 3.05) is 18.7 Å². The number of esters is 1. The number of anilines is 1. The lowest BCUT2D eigenvalue weighted by molar-refractivity contribution is 0.0529. The number of carbonyl (C=O) groups excluding carboxylic acids is 1. The summed E-state index contributed by atoms with van der Waals surface area (Å²) in [7, 11) is -4.31. The Balaban J connectivity index is 2.44. The van der Waals surface area contributed by atoms with Crippen LogP contribution < -0.4 is 10.5 Å². The van der Waals surface area contributed by atoms with E-state index in [4.69, 9.17) is 25.0 Å². The van der Waals surface area contributed by atoms with Gasteiger partial charge in [-0.2, -0.15) is 0 Å². The third kappa shape index (κ3) is 3.70. The lowest BCUT2D eigenvalue weighted by Crippen LogP contribution is -2.05. The van der Waals surface area contributed by atoms with Gasteiger partial charge in [0.25, 0.3) is 0 Å². The van der Waals surface area contributed by atoms with Gasteiger partial charge in [-0.15, -0.1) is 0 Å². The minimum Gasteiger partial charge on any atom is -0.479 e. The molecule has 2 rings (SSSR count). The first kappa shape index (κ1) is 15.7. The maximum Gasteiger partial charge on any atom is 0.362 e. The smallest absolute Gasteiger partial charge is 0.362 e. The number of nitrogen functional groups attached to an aromatic ring is 1. The van der Waals surface area contributed by atoms with Crippen LogP contribution in [0.15, 0.2) is 12.1 Å². The fraction of sp³-hybridized carbons (Fsp3) is 0.273. The summed E-state index contributed by atoms with van der Waals surface area (Å²) in [6.07, 6.45) is -0.779. The van der Waals surface area contributed by atoms with Gasteiger partial charge in [0.15, 0.2) is 11.5 Å². The van der Waals surface area contributed by atoms with Crippen LogP contribution in [0.4, 0.5) is 5.13 Å². The largest absolute Gasteiger partial charge is 0.479 e. The van der Waals surface area contributed by atoms with Crippen LogP contribution in [0.3, 0.4) is 0 Å². The van der Waals surface area contributed by atoms with Gasteiger partial charge in [0.2, 0.25) is 0 Å². The van der Waals surface area contributed by atoms with Crippen molar-refractivity contribution in [1.29, 1.82) is 0 Å². The molecule has 0 radical (unpaired) electrons. The van der Waals surface area contributed by atoms with E-state index in [1.54, 1.807) is 6.92 Å². The van der Waals surface area contributed by atoms with Gasteiger partial charge in [0.1, 0.15) is 11.3 Å². The molecule has 0 atom stereocenters. The molecule has 0 bridgehead atoms. The van der Waals surface area contributed by atoms with Gasteiger partial charge in [-0.1, -0.05) is 11.3 Å². The number of nitrogens with two attached hydrogens (primary N) is 1. The summed E-state index contributed by atoms with van der Waals surface area (Å²) < 4.78 is 21.3. The molecule has 0 spiro atoms. The van der Waals surface area contributed by atoms with E-state index in [0.717, 1.165) is 11.3 Å². The SMILES string of the molecule is CCOC(=O)c1ccc(OCP(=O)(O)O)c2nc(N)sc12. The Hall–Kier alpha value is -1.67. The van der Waals surface area contributed by atoms with Gasteiger partial charge < -0.3 is 25.0 Å². The first-order chi connectivity index (χ1) is 9.81. The summed E-state index contributed by atoms with van der Waals surface area (Å²) in [6, 6.07) is 2.86. The Morgan fingerprint density at radius 1 is 1.48 bits per heavy atom. The lowest BCUT2D eigenvalue weighted by atomic mass is 10.2. The fourth-order valence-corrected chi connectivity index (χ4v) is 2.80. The lowest BCUT2D eigenvalue weighted by Gasteiger charge is -2.09. The monoisotopic (exact) mass is 332 g/mol. The number of fused-ring (bicyclic) bond motifs is 1. The van der Waals surface area contributed by atoms with Crippen LogP contribution in [0.1, 0.15) is 17.3 Å². The number of thiazole rings is 1. The number of nitrogens with zero attached hydrogens (tertiary/aromatic N) is 1. The highest BCUT2D eigenvalue weighted by Gasteiger charge is 2.20. The molecular weight excluding hydrogens is 319 g/mol. The molecule has 0 saturated heterocycles. The number of carbonyl (C=O) groups is 1. The molecule has 21 heavy (non-hydrogen) atoms. The van der Waals surface area contributed by atoms with Crippen molar-refractivity contribution < 1.29 is 28.6 Å². The molecular formula is C11H13N2O6PS. The summed E-state index contributed by atoms with van der Waals surface area (Å²) in [5.74, 6) is -0.373. The molecule has 0 amide bonds. The van der Waals surface area contributed by atoms with E-state index in [1.807, 2.05) is 0 Å². The minimum atomic E-state index is -4.31. The molecule has 114 valence electrons. The first-order valence-electron chi connectivity index (χ1n) is 5.85. The summed E-state index contributed by atoms with van der Waals surface area (Å²) >= 11 is 1.07. The van der Waals surface area contributed by atoms with Crippen LogP contribution in [0, 0.1) is 0 Å². The highest BCUT2D eigenvalue weighted by Crippen LogP contribution is 2.38. The molecule has 0 aliphatic carbocycles. The quantitative estimate of drug-likeness (QED) is 0.555.